The second-order valence-corrected chi connectivity index (χ2v) is 1.77. The van der Waals surface area contributed by atoms with Crippen LogP contribution >= 0.6 is 0 Å². The molecular weight excluding hydrogens is 189 g/mol. The zero-order chi connectivity index (χ0) is 7.61. The summed E-state index contributed by atoms with van der Waals surface area (Å²) in [6, 6.07) is 7.14. The van der Waals surface area contributed by atoms with Gasteiger partial charge in [-0.3, -0.25) is 0 Å². The first kappa shape index (κ1) is 10.7. The van der Waals surface area contributed by atoms with Crippen molar-refractivity contribution < 1.29 is 34.9 Å². The molecule has 0 aliphatic heterocycles. The molecule has 58 valence electrons. The monoisotopic (exact) mass is 193 g/mol. The molecule has 0 saturated carbocycles. The topological polar surface area (TPSA) is 0 Å². The van der Waals surface area contributed by atoms with Gasteiger partial charge in [-0.05, 0) is 0 Å². The van der Waals surface area contributed by atoms with E-state index < -0.39 is 11.7 Å². The fourth-order valence-electron chi connectivity index (χ4n) is 0.570. The Balaban J connectivity index is 0.000001000. The van der Waals surface area contributed by atoms with E-state index in [0.717, 1.165) is 6.07 Å². The SMILES string of the molecule is FC(F)(F)c1[c-]cccc1.[Ti]. The number of rotatable bonds is 0. The maximum absolute atomic E-state index is 11.8. The molecule has 0 radical (unpaired) electrons. The van der Waals surface area contributed by atoms with E-state index in [2.05, 4.69) is 6.07 Å². The quantitative estimate of drug-likeness (QED) is 0.438. The van der Waals surface area contributed by atoms with Gasteiger partial charge < -0.3 is 0 Å². The Morgan fingerprint density at radius 1 is 1.18 bits per heavy atom. The van der Waals surface area contributed by atoms with E-state index in [-0.39, 0.29) is 21.7 Å². The van der Waals surface area contributed by atoms with Crippen LogP contribution in [0.4, 0.5) is 13.2 Å². The van der Waals surface area contributed by atoms with E-state index >= 15 is 0 Å². The van der Waals surface area contributed by atoms with Crippen molar-refractivity contribution in [2.75, 3.05) is 0 Å². The predicted molar refractivity (Wildman–Crippen MR) is 30.3 cm³/mol. The summed E-state index contributed by atoms with van der Waals surface area (Å²) >= 11 is 0. The van der Waals surface area contributed by atoms with Crippen LogP contribution in [0.3, 0.4) is 0 Å². The van der Waals surface area contributed by atoms with Gasteiger partial charge in [0.25, 0.3) is 0 Å². The molecule has 0 heterocycles. The van der Waals surface area contributed by atoms with Crippen molar-refractivity contribution in [3.8, 4) is 0 Å². The van der Waals surface area contributed by atoms with Crippen LogP contribution in [0.1, 0.15) is 5.56 Å². The fraction of sp³-hybridized carbons (Fsp3) is 0.143. The third-order valence-corrected chi connectivity index (χ3v) is 1.01. The molecule has 1 aromatic rings. The zero-order valence-corrected chi connectivity index (χ0v) is 7.00. The van der Waals surface area contributed by atoms with Gasteiger partial charge in [0.05, 0.1) is 0 Å². The van der Waals surface area contributed by atoms with Crippen molar-refractivity contribution in [2.45, 2.75) is 6.18 Å². The summed E-state index contributed by atoms with van der Waals surface area (Å²) in [4.78, 5) is 0. The van der Waals surface area contributed by atoms with Gasteiger partial charge >= 0.3 is 6.18 Å². The smallest absolute Gasteiger partial charge is 0.176 e. The Labute approximate surface area is 77.3 Å². The first-order chi connectivity index (χ1) is 4.61. The van der Waals surface area contributed by atoms with Crippen LogP contribution in [-0.2, 0) is 27.9 Å². The van der Waals surface area contributed by atoms with E-state index in [9.17, 15) is 13.2 Å². The molecule has 0 atom stereocenters. The molecule has 0 saturated heterocycles. The normalized spacial score (nSPS) is 10.5. The summed E-state index contributed by atoms with van der Waals surface area (Å²) in [7, 11) is 0. The van der Waals surface area contributed by atoms with Gasteiger partial charge in [0.2, 0.25) is 0 Å². The molecule has 0 nitrogen and oxygen atoms in total. The van der Waals surface area contributed by atoms with Gasteiger partial charge in [0.1, 0.15) is 0 Å². The van der Waals surface area contributed by atoms with Gasteiger partial charge in [-0.25, -0.2) is 0 Å². The van der Waals surface area contributed by atoms with Crippen molar-refractivity contribution in [1.82, 2.24) is 0 Å². The molecule has 0 bridgehead atoms. The molecule has 1 aromatic carbocycles. The van der Waals surface area contributed by atoms with Gasteiger partial charge in [-0.2, -0.15) is 43.5 Å². The average molecular weight is 193 g/mol. The maximum Gasteiger partial charge on any atom is 0.394 e. The van der Waals surface area contributed by atoms with E-state index in [1.54, 1.807) is 0 Å². The molecule has 4 heteroatoms. The summed E-state index contributed by atoms with van der Waals surface area (Å²) in [5.74, 6) is 0. The fourth-order valence-corrected chi connectivity index (χ4v) is 0.570. The second kappa shape index (κ2) is 3.93. The van der Waals surface area contributed by atoms with Crippen LogP contribution < -0.4 is 0 Å². The molecule has 0 aromatic heterocycles. The molecule has 11 heavy (non-hydrogen) atoms. The van der Waals surface area contributed by atoms with Crippen molar-refractivity contribution in [3.63, 3.8) is 0 Å². The number of hydrogen-bond acceptors (Lipinski definition) is 0. The van der Waals surface area contributed by atoms with Crippen LogP contribution in [0.2, 0.25) is 0 Å². The summed E-state index contributed by atoms with van der Waals surface area (Å²) in [6.07, 6.45) is -4.26. The van der Waals surface area contributed by atoms with E-state index in [0.29, 0.717) is 0 Å². The Kier molecular flexibility index (Phi) is 3.83. The Morgan fingerprint density at radius 2 is 1.82 bits per heavy atom. The minimum Gasteiger partial charge on any atom is -0.176 e. The predicted octanol–water partition coefficient (Wildman–Crippen LogP) is 2.50. The first-order valence-corrected chi connectivity index (χ1v) is 2.64. The number of alkyl halides is 3. The largest absolute Gasteiger partial charge is 0.394 e. The minimum atomic E-state index is -4.26. The van der Waals surface area contributed by atoms with Crippen LogP contribution in [0.5, 0.6) is 0 Å². The molecule has 1 rings (SSSR count). The Morgan fingerprint density at radius 3 is 2.09 bits per heavy atom. The summed E-state index contributed by atoms with van der Waals surface area (Å²) in [6.45, 7) is 0. The summed E-state index contributed by atoms with van der Waals surface area (Å²) < 4.78 is 35.3. The van der Waals surface area contributed by atoms with E-state index in [1.165, 1.54) is 18.2 Å². The number of hydrogen-bond donors (Lipinski definition) is 0. The zero-order valence-electron chi connectivity index (χ0n) is 5.44. The van der Waals surface area contributed by atoms with Gasteiger partial charge in [0, 0.05) is 21.7 Å². The molecular formula is C7H4F3Ti-. The van der Waals surface area contributed by atoms with E-state index in [4.69, 9.17) is 0 Å². The van der Waals surface area contributed by atoms with Crippen LogP contribution in [0.15, 0.2) is 24.3 Å². The van der Waals surface area contributed by atoms with Crippen LogP contribution in [-0.4, -0.2) is 0 Å². The van der Waals surface area contributed by atoms with Gasteiger partial charge in [-0.1, -0.05) is 5.56 Å². The second-order valence-electron chi connectivity index (χ2n) is 1.77. The van der Waals surface area contributed by atoms with Gasteiger partial charge in [0.15, 0.2) is 0 Å². The first-order valence-electron chi connectivity index (χ1n) is 2.64. The van der Waals surface area contributed by atoms with E-state index in [1.807, 2.05) is 0 Å². The third-order valence-electron chi connectivity index (χ3n) is 1.01. The molecule has 0 amide bonds. The Bertz CT molecular complexity index is 205. The molecule has 0 N–H and O–H groups in total. The van der Waals surface area contributed by atoms with Crippen molar-refractivity contribution in [2.24, 2.45) is 0 Å². The molecule has 0 fully saturated rings. The number of halogens is 3. The van der Waals surface area contributed by atoms with Crippen molar-refractivity contribution >= 4 is 0 Å². The standard InChI is InChI=1S/C7H4F3.Ti/c8-7(9,10)6-4-2-1-3-5-6;/h1-4H;/q-1;. The minimum absolute atomic E-state index is 0. The number of benzene rings is 1. The molecule has 0 aliphatic carbocycles. The molecule has 0 spiro atoms. The summed E-state index contributed by atoms with van der Waals surface area (Å²) in [5, 5.41) is 0. The maximum atomic E-state index is 11.8. The third kappa shape index (κ3) is 3.08. The molecule has 0 aliphatic rings. The van der Waals surface area contributed by atoms with Gasteiger partial charge in [-0.15, -0.1) is 0 Å². The molecule has 0 unspecified atom stereocenters. The van der Waals surface area contributed by atoms with Crippen molar-refractivity contribution in [3.05, 3.63) is 35.9 Å². The van der Waals surface area contributed by atoms with Crippen LogP contribution in [0, 0.1) is 6.07 Å². The summed E-state index contributed by atoms with van der Waals surface area (Å²) in [5.41, 5.74) is -0.727. The average Bonchev–Trinajstić information content (AvgIpc) is 1.88. The van der Waals surface area contributed by atoms with Crippen LogP contribution in [0.25, 0.3) is 0 Å². The Hall–Kier alpha value is -0.276. The van der Waals surface area contributed by atoms with Crippen molar-refractivity contribution in [1.29, 1.82) is 0 Å².